The van der Waals surface area contributed by atoms with E-state index in [1.165, 1.54) is 7.11 Å². The summed E-state index contributed by atoms with van der Waals surface area (Å²) in [5.74, 6) is -0.282. The monoisotopic (exact) mass is 211 g/mol. The normalized spacial score (nSPS) is 15.0. The van der Waals surface area contributed by atoms with Crippen LogP contribution in [0.4, 0.5) is 0 Å². The Morgan fingerprint density at radius 2 is 2.13 bits per heavy atom. The molecule has 3 heteroatoms. The molecule has 15 heavy (non-hydrogen) atoms. The molecule has 0 amide bonds. The van der Waals surface area contributed by atoms with Gasteiger partial charge in [-0.3, -0.25) is 0 Å². The third-order valence-corrected chi connectivity index (χ3v) is 2.19. The number of carbonyl (C=O) groups is 1. The first kappa shape index (κ1) is 13.9. The number of carbonyl (C=O) groups excluding carboxylic acids is 1. The predicted octanol–water partition coefficient (Wildman–Crippen LogP) is 2.18. The second kappa shape index (κ2) is 7.23. The molecule has 0 aromatic heterocycles. The third kappa shape index (κ3) is 5.37. The van der Waals surface area contributed by atoms with E-state index in [0.717, 1.165) is 18.4 Å². The first-order valence-corrected chi connectivity index (χ1v) is 5.23. The molecule has 0 aliphatic heterocycles. The van der Waals surface area contributed by atoms with Crippen molar-refractivity contribution in [3.8, 4) is 0 Å². The fourth-order valence-electron chi connectivity index (χ4n) is 1.09. The third-order valence-electron chi connectivity index (χ3n) is 2.19. The topological polar surface area (TPSA) is 52.3 Å². The zero-order chi connectivity index (χ0) is 11.8. The summed E-state index contributed by atoms with van der Waals surface area (Å²) in [4.78, 5) is 11.4. The van der Waals surface area contributed by atoms with Gasteiger partial charge in [0, 0.05) is 6.04 Å². The number of allylic oxidation sites excluding steroid dienone is 1. The van der Waals surface area contributed by atoms with Gasteiger partial charge in [0.2, 0.25) is 0 Å². The van der Waals surface area contributed by atoms with Gasteiger partial charge in [-0.1, -0.05) is 24.6 Å². The van der Waals surface area contributed by atoms with Crippen LogP contribution in [0.1, 0.15) is 33.6 Å². The summed E-state index contributed by atoms with van der Waals surface area (Å²) in [7, 11) is 1.39. The van der Waals surface area contributed by atoms with Gasteiger partial charge in [-0.2, -0.15) is 0 Å². The van der Waals surface area contributed by atoms with Crippen molar-refractivity contribution in [2.24, 2.45) is 5.73 Å². The summed E-state index contributed by atoms with van der Waals surface area (Å²) < 4.78 is 4.71. The molecular formula is C12H21NO2. The molecular weight excluding hydrogens is 190 g/mol. The number of esters is 1. The molecule has 0 saturated heterocycles. The molecule has 1 unspecified atom stereocenters. The summed E-state index contributed by atoms with van der Waals surface area (Å²) in [6.45, 7) is 5.87. The van der Waals surface area contributed by atoms with Crippen molar-refractivity contribution in [1.82, 2.24) is 0 Å². The maximum Gasteiger partial charge on any atom is 0.337 e. The first-order valence-electron chi connectivity index (χ1n) is 5.23. The molecule has 0 spiro atoms. The summed E-state index contributed by atoms with van der Waals surface area (Å²) in [6.07, 6.45) is 5.31. The Hall–Kier alpha value is -1.09. The molecule has 0 saturated carbocycles. The van der Waals surface area contributed by atoms with E-state index in [1.54, 1.807) is 6.08 Å². The minimum Gasteiger partial charge on any atom is -0.465 e. The zero-order valence-electron chi connectivity index (χ0n) is 10.0. The average molecular weight is 211 g/mol. The largest absolute Gasteiger partial charge is 0.465 e. The Morgan fingerprint density at radius 3 is 2.53 bits per heavy atom. The van der Waals surface area contributed by atoms with Crippen molar-refractivity contribution in [2.45, 2.75) is 39.7 Å². The molecule has 0 aliphatic carbocycles. The highest BCUT2D eigenvalue weighted by Crippen LogP contribution is 2.11. The van der Waals surface area contributed by atoms with E-state index < -0.39 is 0 Å². The van der Waals surface area contributed by atoms with Gasteiger partial charge in [-0.15, -0.1) is 0 Å². The van der Waals surface area contributed by atoms with Gasteiger partial charge in [0.05, 0.1) is 12.7 Å². The maximum atomic E-state index is 11.4. The lowest BCUT2D eigenvalue weighted by Gasteiger charge is -2.05. The number of nitrogens with two attached hydrogens (primary N) is 1. The van der Waals surface area contributed by atoms with Crippen LogP contribution in [-0.2, 0) is 9.53 Å². The van der Waals surface area contributed by atoms with Gasteiger partial charge in [-0.25, -0.2) is 4.79 Å². The van der Waals surface area contributed by atoms with Crippen molar-refractivity contribution in [1.29, 1.82) is 0 Å². The highest BCUT2D eigenvalue weighted by molar-refractivity contribution is 5.92. The molecule has 0 aromatic rings. The van der Waals surface area contributed by atoms with E-state index in [2.05, 4.69) is 0 Å². The van der Waals surface area contributed by atoms with E-state index in [1.807, 2.05) is 26.8 Å². The Labute approximate surface area is 92.0 Å². The molecule has 3 nitrogen and oxygen atoms in total. The summed E-state index contributed by atoms with van der Waals surface area (Å²) in [5.41, 5.74) is 7.28. The van der Waals surface area contributed by atoms with Gasteiger partial charge in [0.15, 0.2) is 0 Å². The quantitative estimate of drug-likeness (QED) is 0.431. The molecule has 0 aliphatic rings. The van der Waals surface area contributed by atoms with Crippen LogP contribution in [0.3, 0.4) is 0 Å². The van der Waals surface area contributed by atoms with Gasteiger partial charge >= 0.3 is 5.97 Å². The van der Waals surface area contributed by atoms with Crippen molar-refractivity contribution in [3.05, 3.63) is 23.3 Å². The Morgan fingerprint density at radius 1 is 1.53 bits per heavy atom. The number of ether oxygens (including phenoxy) is 1. The SMILES string of the molecule is CC/C(C)=C(\C=C/CC(C)N)C(=O)OC. The molecule has 0 aromatic carbocycles. The Kier molecular flexibility index (Phi) is 6.71. The van der Waals surface area contributed by atoms with Crippen LogP contribution in [0.25, 0.3) is 0 Å². The van der Waals surface area contributed by atoms with E-state index >= 15 is 0 Å². The first-order chi connectivity index (χ1) is 7.02. The van der Waals surface area contributed by atoms with Crippen molar-refractivity contribution in [3.63, 3.8) is 0 Å². The lowest BCUT2D eigenvalue weighted by Crippen LogP contribution is -2.13. The Bertz CT molecular complexity index is 265. The molecule has 2 N–H and O–H groups in total. The summed E-state index contributed by atoms with van der Waals surface area (Å²) >= 11 is 0. The highest BCUT2D eigenvalue weighted by atomic mass is 16.5. The lowest BCUT2D eigenvalue weighted by atomic mass is 10.1. The molecule has 86 valence electrons. The maximum absolute atomic E-state index is 11.4. The van der Waals surface area contributed by atoms with Crippen LogP contribution >= 0.6 is 0 Å². The second-order valence-corrected chi connectivity index (χ2v) is 3.65. The number of methoxy groups -OCH3 is 1. The predicted molar refractivity (Wildman–Crippen MR) is 62.4 cm³/mol. The van der Waals surface area contributed by atoms with E-state index in [0.29, 0.717) is 5.57 Å². The lowest BCUT2D eigenvalue weighted by molar-refractivity contribution is -0.135. The van der Waals surface area contributed by atoms with Crippen LogP contribution in [0, 0.1) is 0 Å². The minimum absolute atomic E-state index is 0.113. The van der Waals surface area contributed by atoms with Crippen LogP contribution in [0.5, 0.6) is 0 Å². The van der Waals surface area contributed by atoms with E-state index in [-0.39, 0.29) is 12.0 Å². The molecule has 0 radical (unpaired) electrons. The summed E-state index contributed by atoms with van der Waals surface area (Å²) in [6, 6.07) is 0.113. The van der Waals surface area contributed by atoms with Gasteiger partial charge in [0.25, 0.3) is 0 Å². The molecule has 0 heterocycles. The van der Waals surface area contributed by atoms with Crippen LogP contribution in [0.15, 0.2) is 23.3 Å². The van der Waals surface area contributed by atoms with Crippen LogP contribution in [-0.4, -0.2) is 19.1 Å². The Balaban J connectivity index is 4.68. The van der Waals surface area contributed by atoms with Crippen molar-refractivity contribution < 1.29 is 9.53 Å². The summed E-state index contributed by atoms with van der Waals surface area (Å²) in [5, 5.41) is 0. The fourth-order valence-corrected chi connectivity index (χ4v) is 1.09. The molecule has 0 bridgehead atoms. The fraction of sp³-hybridized carbons (Fsp3) is 0.583. The van der Waals surface area contributed by atoms with Gasteiger partial charge < -0.3 is 10.5 Å². The van der Waals surface area contributed by atoms with E-state index in [4.69, 9.17) is 10.5 Å². The molecule has 0 rings (SSSR count). The van der Waals surface area contributed by atoms with E-state index in [9.17, 15) is 4.79 Å². The zero-order valence-corrected chi connectivity index (χ0v) is 10.0. The minimum atomic E-state index is -0.282. The van der Waals surface area contributed by atoms with Gasteiger partial charge in [0.1, 0.15) is 0 Å². The number of hydrogen-bond acceptors (Lipinski definition) is 3. The van der Waals surface area contributed by atoms with Crippen molar-refractivity contribution >= 4 is 5.97 Å². The second-order valence-electron chi connectivity index (χ2n) is 3.65. The van der Waals surface area contributed by atoms with Gasteiger partial charge in [-0.05, 0) is 26.7 Å². The van der Waals surface area contributed by atoms with Crippen LogP contribution in [0.2, 0.25) is 0 Å². The number of rotatable bonds is 5. The smallest absolute Gasteiger partial charge is 0.337 e. The van der Waals surface area contributed by atoms with Crippen LogP contribution < -0.4 is 5.73 Å². The van der Waals surface area contributed by atoms with Crippen molar-refractivity contribution in [2.75, 3.05) is 7.11 Å². The average Bonchev–Trinajstić information content (AvgIpc) is 2.22. The number of hydrogen-bond donors (Lipinski definition) is 1. The molecule has 1 atom stereocenters. The standard InChI is InChI=1S/C12H21NO2/c1-5-9(2)11(12(14)15-4)8-6-7-10(3)13/h6,8,10H,5,7,13H2,1-4H3/b8-6-,11-9+. The highest BCUT2D eigenvalue weighted by Gasteiger charge is 2.08. The molecule has 0 fully saturated rings.